The van der Waals surface area contributed by atoms with Crippen molar-refractivity contribution in [3.05, 3.63) is 0 Å². The van der Waals surface area contributed by atoms with Crippen molar-refractivity contribution in [2.75, 3.05) is 0 Å². The summed E-state index contributed by atoms with van der Waals surface area (Å²) < 4.78 is 4.60. The van der Waals surface area contributed by atoms with Crippen molar-refractivity contribution < 1.29 is 7.86 Å². The molecule has 0 spiro atoms. The summed E-state index contributed by atoms with van der Waals surface area (Å²) in [5.41, 5.74) is 0. The standard InChI is InChI=1S/C18H35IO2/c1-2-3-4-5-6-7-8-9-10-11-12-13-14-15-16-17-18(20)21-19/h2-17H2,1H3. The molecule has 0 aliphatic heterocycles. The van der Waals surface area contributed by atoms with E-state index in [9.17, 15) is 4.79 Å². The second kappa shape index (κ2) is 18.2. The Morgan fingerprint density at radius 3 is 1.33 bits per heavy atom. The van der Waals surface area contributed by atoms with Crippen molar-refractivity contribution in [1.82, 2.24) is 0 Å². The largest absolute Gasteiger partial charge is 0.394 e. The third kappa shape index (κ3) is 18.2. The van der Waals surface area contributed by atoms with Crippen molar-refractivity contribution in [2.24, 2.45) is 0 Å². The summed E-state index contributed by atoms with van der Waals surface area (Å²) in [5.74, 6) is -0.0784. The van der Waals surface area contributed by atoms with Crippen LogP contribution in [0.25, 0.3) is 0 Å². The van der Waals surface area contributed by atoms with E-state index in [-0.39, 0.29) is 5.97 Å². The lowest BCUT2D eigenvalue weighted by molar-refractivity contribution is -0.131. The Morgan fingerprint density at radius 1 is 0.667 bits per heavy atom. The Bertz CT molecular complexity index is 219. The lowest BCUT2D eigenvalue weighted by Crippen LogP contribution is -1.95. The molecule has 126 valence electrons. The molecule has 0 atom stereocenters. The second-order valence-electron chi connectivity index (χ2n) is 6.15. The summed E-state index contributed by atoms with van der Waals surface area (Å²) in [5, 5.41) is 0. The van der Waals surface area contributed by atoms with Gasteiger partial charge in [-0.25, -0.2) is 0 Å². The van der Waals surface area contributed by atoms with E-state index in [1.54, 1.807) is 23.0 Å². The summed E-state index contributed by atoms with van der Waals surface area (Å²) in [6, 6.07) is 0. The lowest BCUT2D eigenvalue weighted by Gasteiger charge is -2.03. The molecule has 2 nitrogen and oxygen atoms in total. The van der Waals surface area contributed by atoms with Crippen LogP contribution in [0.1, 0.15) is 110 Å². The van der Waals surface area contributed by atoms with Gasteiger partial charge in [0, 0.05) is 6.42 Å². The predicted octanol–water partition coefficient (Wildman–Crippen LogP) is 7.14. The number of carbonyl (C=O) groups is 1. The maximum Gasteiger partial charge on any atom is 0.315 e. The molecule has 0 N–H and O–H groups in total. The Balaban J connectivity index is 2.98. The van der Waals surface area contributed by atoms with Crippen molar-refractivity contribution in [3.63, 3.8) is 0 Å². The summed E-state index contributed by atoms with van der Waals surface area (Å²) in [7, 11) is 0. The molecule has 0 aromatic carbocycles. The van der Waals surface area contributed by atoms with Crippen LogP contribution in [0.4, 0.5) is 0 Å². The van der Waals surface area contributed by atoms with Crippen LogP contribution in [-0.4, -0.2) is 5.97 Å². The second-order valence-corrected chi connectivity index (χ2v) is 6.59. The van der Waals surface area contributed by atoms with Crippen molar-refractivity contribution in [1.29, 1.82) is 0 Å². The lowest BCUT2D eigenvalue weighted by atomic mass is 10.0. The van der Waals surface area contributed by atoms with Gasteiger partial charge in [0.1, 0.15) is 0 Å². The molecule has 0 fully saturated rings. The van der Waals surface area contributed by atoms with E-state index >= 15 is 0 Å². The molecule has 0 unspecified atom stereocenters. The zero-order valence-electron chi connectivity index (χ0n) is 14.0. The number of hydrogen-bond donors (Lipinski definition) is 0. The van der Waals surface area contributed by atoms with Crippen molar-refractivity contribution >= 4 is 29.0 Å². The highest BCUT2D eigenvalue weighted by Crippen LogP contribution is 2.13. The van der Waals surface area contributed by atoms with E-state index in [0.29, 0.717) is 6.42 Å². The van der Waals surface area contributed by atoms with E-state index in [1.807, 2.05) is 0 Å². The molecule has 3 heteroatoms. The average Bonchev–Trinajstić information content (AvgIpc) is 2.50. The molecular formula is C18H35IO2. The molecule has 0 rings (SSSR count). The van der Waals surface area contributed by atoms with Crippen LogP contribution in [0.5, 0.6) is 0 Å². The van der Waals surface area contributed by atoms with Gasteiger partial charge in [0.2, 0.25) is 0 Å². The van der Waals surface area contributed by atoms with E-state index in [1.165, 1.54) is 89.9 Å². The van der Waals surface area contributed by atoms with Crippen LogP contribution >= 0.6 is 23.0 Å². The molecular weight excluding hydrogens is 375 g/mol. The van der Waals surface area contributed by atoms with Crippen LogP contribution in [-0.2, 0) is 7.86 Å². The normalized spacial score (nSPS) is 10.8. The van der Waals surface area contributed by atoms with Crippen molar-refractivity contribution in [3.8, 4) is 0 Å². The smallest absolute Gasteiger partial charge is 0.315 e. The van der Waals surface area contributed by atoms with E-state index < -0.39 is 0 Å². The quantitative estimate of drug-likeness (QED) is 0.200. The maximum absolute atomic E-state index is 10.9. The van der Waals surface area contributed by atoms with Crippen LogP contribution in [0.2, 0.25) is 0 Å². The molecule has 0 amide bonds. The van der Waals surface area contributed by atoms with Gasteiger partial charge in [0.05, 0.1) is 0 Å². The minimum absolute atomic E-state index is 0.0784. The fourth-order valence-electron chi connectivity index (χ4n) is 2.68. The minimum Gasteiger partial charge on any atom is -0.394 e. The third-order valence-electron chi connectivity index (χ3n) is 4.07. The molecule has 0 bridgehead atoms. The molecule has 21 heavy (non-hydrogen) atoms. The summed E-state index contributed by atoms with van der Waals surface area (Å²) in [4.78, 5) is 10.9. The van der Waals surface area contributed by atoms with Gasteiger partial charge in [-0.2, -0.15) is 0 Å². The molecule has 0 heterocycles. The summed E-state index contributed by atoms with van der Waals surface area (Å²) >= 11 is 1.66. The zero-order chi connectivity index (χ0) is 15.6. The highest BCUT2D eigenvalue weighted by Gasteiger charge is 2.00. The number of hydrogen-bond acceptors (Lipinski definition) is 2. The Morgan fingerprint density at radius 2 is 1.00 bits per heavy atom. The highest BCUT2D eigenvalue weighted by molar-refractivity contribution is 14.1. The first-order valence-corrected chi connectivity index (χ1v) is 10.0. The number of rotatable bonds is 16. The third-order valence-corrected chi connectivity index (χ3v) is 4.56. The Labute approximate surface area is 146 Å². The minimum atomic E-state index is -0.0784. The van der Waals surface area contributed by atoms with Gasteiger partial charge in [-0.3, -0.25) is 4.79 Å². The first-order valence-electron chi connectivity index (χ1n) is 9.12. The van der Waals surface area contributed by atoms with E-state index in [4.69, 9.17) is 0 Å². The average molecular weight is 410 g/mol. The molecule has 0 aromatic rings. The van der Waals surface area contributed by atoms with Crippen LogP contribution in [0.15, 0.2) is 0 Å². The van der Waals surface area contributed by atoms with Crippen LogP contribution < -0.4 is 0 Å². The van der Waals surface area contributed by atoms with E-state index in [2.05, 4.69) is 9.99 Å². The first kappa shape index (κ1) is 21.2. The van der Waals surface area contributed by atoms with Crippen LogP contribution in [0.3, 0.4) is 0 Å². The Hall–Kier alpha value is 0.200. The first-order chi connectivity index (χ1) is 10.3. The monoisotopic (exact) mass is 410 g/mol. The molecule has 0 aliphatic carbocycles. The molecule has 0 aromatic heterocycles. The summed E-state index contributed by atoms with van der Waals surface area (Å²) in [6.07, 6.45) is 20.9. The van der Waals surface area contributed by atoms with Gasteiger partial charge < -0.3 is 3.07 Å². The molecule has 0 radical (unpaired) electrons. The molecule has 0 aliphatic rings. The molecule has 0 saturated carbocycles. The molecule has 0 saturated heterocycles. The Kier molecular flexibility index (Phi) is 18.4. The van der Waals surface area contributed by atoms with E-state index in [0.717, 1.165) is 6.42 Å². The number of carbonyl (C=O) groups excluding carboxylic acids is 1. The maximum atomic E-state index is 10.9. The zero-order valence-corrected chi connectivity index (χ0v) is 16.2. The van der Waals surface area contributed by atoms with Gasteiger partial charge in [0.25, 0.3) is 0 Å². The predicted molar refractivity (Wildman–Crippen MR) is 99.7 cm³/mol. The van der Waals surface area contributed by atoms with Crippen molar-refractivity contribution in [2.45, 2.75) is 110 Å². The van der Waals surface area contributed by atoms with Gasteiger partial charge in [-0.1, -0.05) is 96.8 Å². The van der Waals surface area contributed by atoms with Gasteiger partial charge in [-0.05, 0) is 6.42 Å². The number of halogens is 1. The number of unbranched alkanes of at least 4 members (excludes halogenated alkanes) is 14. The van der Waals surface area contributed by atoms with Crippen LogP contribution in [0, 0.1) is 0 Å². The SMILES string of the molecule is CCCCCCCCCCCCCCCCCC(=O)OI. The summed E-state index contributed by atoms with van der Waals surface area (Å²) in [6.45, 7) is 2.28. The van der Waals surface area contributed by atoms with Gasteiger partial charge in [0.15, 0.2) is 23.0 Å². The fourth-order valence-corrected chi connectivity index (χ4v) is 2.90. The van der Waals surface area contributed by atoms with Gasteiger partial charge in [-0.15, -0.1) is 0 Å². The topological polar surface area (TPSA) is 26.3 Å². The van der Waals surface area contributed by atoms with Gasteiger partial charge >= 0.3 is 5.97 Å². The fraction of sp³-hybridized carbons (Fsp3) is 0.944. The highest BCUT2D eigenvalue weighted by atomic mass is 127.